The van der Waals surface area contributed by atoms with Crippen molar-refractivity contribution in [3.05, 3.63) is 62.7 Å². The van der Waals surface area contributed by atoms with E-state index in [0.29, 0.717) is 34.2 Å². The van der Waals surface area contributed by atoms with Crippen LogP contribution in [0.4, 0.5) is 30.7 Å². The lowest BCUT2D eigenvalue weighted by Gasteiger charge is -2.62. The maximum Gasteiger partial charge on any atom is 0.460 e. The molecule has 4 bridgehead atoms. The summed E-state index contributed by atoms with van der Waals surface area (Å²) in [7, 11) is 4.24. The van der Waals surface area contributed by atoms with Gasteiger partial charge in [0.05, 0.1) is 37.6 Å². The van der Waals surface area contributed by atoms with Crippen molar-refractivity contribution in [3.8, 4) is 40.2 Å². The number of aromatic hydroxyl groups is 1. The van der Waals surface area contributed by atoms with Gasteiger partial charge in [0.2, 0.25) is 6.79 Å². The predicted molar refractivity (Wildman–Crippen MR) is 214 cm³/mol. The van der Waals surface area contributed by atoms with Gasteiger partial charge in [0.25, 0.3) is 0 Å². The fraction of sp³-hybridized carbons (Fsp3) is 0.512. The molecule has 0 amide bonds. The summed E-state index contributed by atoms with van der Waals surface area (Å²) < 4.78 is 135. The molecule has 356 valence electrons. The van der Waals surface area contributed by atoms with Crippen LogP contribution in [0.3, 0.4) is 0 Å². The van der Waals surface area contributed by atoms with Crippen molar-refractivity contribution >= 4 is 29.7 Å². The molecule has 3 aromatic rings. The van der Waals surface area contributed by atoms with E-state index in [1.807, 2.05) is 22.9 Å². The van der Waals surface area contributed by atoms with Crippen LogP contribution >= 0.6 is 11.8 Å². The summed E-state index contributed by atoms with van der Waals surface area (Å²) in [6.45, 7) is 4.00. The lowest BCUT2D eigenvalue weighted by molar-refractivity contribution is -0.346. The summed E-state index contributed by atoms with van der Waals surface area (Å²) in [4.78, 5) is 44.1. The van der Waals surface area contributed by atoms with Crippen LogP contribution in [0.1, 0.15) is 68.8 Å². The number of benzene rings is 3. The number of aliphatic hydroxyl groups is 1. The van der Waals surface area contributed by atoms with Gasteiger partial charge in [0.15, 0.2) is 40.0 Å². The highest BCUT2D eigenvalue weighted by molar-refractivity contribution is 7.99. The molecule has 0 aromatic heterocycles. The Balaban J connectivity index is 1.22. The number of carbonyl (C=O) groups excluding carboxylic acids is 3. The molecule has 7 aliphatic rings. The molecule has 0 aliphatic carbocycles. The van der Waals surface area contributed by atoms with Crippen molar-refractivity contribution in [2.24, 2.45) is 0 Å². The number of phenolic OH excluding ortho intramolecular Hbond substituents is 1. The number of hydrogen-bond donors (Lipinski definition) is 3. The van der Waals surface area contributed by atoms with Crippen molar-refractivity contribution in [2.75, 3.05) is 47.0 Å². The molecule has 2 saturated heterocycles. The third-order valence-electron chi connectivity index (χ3n) is 13.5. The van der Waals surface area contributed by atoms with Crippen LogP contribution in [0.5, 0.6) is 40.2 Å². The Hall–Kier alpha value is -5.23. The number of nitrogens with zero attached hydrogens (tertiary/aromatic N) is 2. The molecule has 66 heavy (non-hydrogen) atoms. The largest absolute Gasteiger partial charge is 0.504 e. The number of carbonyl (C=O) groups is 3. The van der Waals surface area contributed by atoms with Crippen LogP contribution in [0, 0.1) is 13.8 Å². The zero-order valence-corrected chi connectivity index (χ0v) is 36.7. The number of hydrogen-bond acceptors (Lipinski definition) is 16. The van der Waals surface area contributed by atoms with Crippen LogP contribution in [0.15, 0.2) is 18.2 Å². The second-order valence-electron chi connectivity index (χ2n) is 16.9. The smallest absolute Gasteiger partial charge is 0.460 e. The Bertz CT molecular complexity index is 2580. The SMILES string of the molecule is COc1cc2c(cc1OC(=O)C(F)(F)C(F)(F)C(F)(F)F)CCN[C@]21CS[C@@H]2c3c(OC(C)=O)c(C)c4c(c3[C@@H](COC1=O)N1C2[C@H]2c3c(cc(C)c(OC)c3O)C[C@@H]([C@@H]1O)N2C)OCO4. The average Bonchev–Trinajstić information content (AvgIpc) is 3.75. The van der Waals surface area contributed by atoms with Gasteiger partial charge in [-0.3, -0.25) is 19.9 Å². The zero-order chi connectivity index (χ0) is 47.7. The van der Waals surface area contributed by atoms with Crippen LogP contribution in [0.25, 0.3) is 0 Å². The van der Waals surface area contributed by atoms with E-state index in [4.69, 9.17) is 28.4 Å². The number of ether oxygens (including phenoxy) is 7. The highest BCUT2D eigenvalue weighted by Gasteiger charge is 2.77. The number of methoxy groups -OCH3 is 2. The number of thioether (sulfide) groups is 1. The van der Waals surface area contributed by atoms with Gasteiger partial charge in [-0.25, -0.2) is 9.59 Å². The third-order valence-corrected chi connectivity index (χ3v) is 14.9. The minimum Gasteiger partial charge on any atom is -0.504 e. The normalized spacial score (nSPS) is 27.0. The first-order valence-electron chi connectivity index (χ1n) is 20.5. The molecule has 7 atom stereocenters. The maximum atomic E-state index is 14.9. The Morgan fingerprint density at radius 2 is 1.64 bits per heavy atom. The van der Waals surface area contributed by atoms with E-state index >= 15 is 0 Å². The summed E-state index contributed by atoms with van der Waals surface area (Å²) in [5, 5.41) is 27.0. The number of aliphatic hydroxyl groups excluding tert-OH is 1. The number of aryl methyl sites for hydroxylation is 1. The number of alkyl halides is 7. The summed E-state index contributed by atoms with van der Waals surface area (Å²) in [6, 6.07) is 0.844. The molecule has 3 N–H and O–H groups in total. The van der Waals surface area contributed by atoms with E-state index in [1.54, 1.807) is 13.8 Å². The van der Waals surface area contributed by atoms with E-state index in [9.17, 15) is 55.3 Å². The summed E-state index contributed by atoms with van der Waals surface area (Å²) in [5.41, 5.74) is 1.61. The number of esters is 3. The molecule has 1 spiro atoms. The maximum absolute atomic E-state index is 14.9. The zero-order valence-electron chi connectivity index (χ0n) is 35.9. The summed E-state index contributed by atoms with van der Waals surface area (Å²) >= 11 is 1.17. The average molecular weight is 958 g/mol. The lowest BCUT2D eigenvalue weighted by atomic mass is 9.73. The molecule has 1 unspecified atom stereocenters. The van der Waals surface area contributed by atoms with Crippen molar-refractivity contribution in [2.45, 2.75) is 92.8 Å². The second-order valence-corrected chi connectivity index (χ2v) is 18.1. The van der Waals surface area contributed by atoms with Crippen LogP contribution in [0.2, 0.25) is 0 Å². The topological polar surface area (TPSA) is 175 Å². The molecule has 23 heteroatoms. The highest BCUT2D eigenvalue weighted by Crippen LogP contribution is 2.64. The molecular weight excluding hydrogens is 916 g/mol. The van der Waals surface area contributed by atoms with E-state index in [2.05, 4.69) is 10.1 Å². The third kappa shape index (κ3) is 6.42. The Morgan fingerprint density at radius 3 is 2.30 bits per heavy atom. The molecule has 10 rings (SSSR count). The predicted octanol–water partition coefficient (Wildman–Crippen LogP) is 5.45. The summed E-state index contributed by atoms with van der Waals surface area (Å²) in [5.74, 6) is -18.8. The Morgan fingerprint density at radius 1 is 0.924 bits per heavy atom. The quantitative estimate of drug-likeness (QED) is 0.162. The first-order chi connectivity index (χ1) is 31.0. The minimum absolute atomic E-state index is 0.000991. The second kappa shape index (κ2) is 15.7. The van der Waals surface area contributed by atoms with Crippen molar-refractivity contribution < 1.29 is 88.5 Å². The Kier molecular flexibility index (Phi) is 10.9. The van der Waals surface area contributed by atoms with E-state index in [0.717, 1.165) is 24.8 Å². The molecule has 15 nitrogen and oxygen atoms in total. The van der Waals surface area contributed by atoms with Crippen molar-refractivity contribution in [1.82, 2.24) is 15.1 Å². The first-order valence-corrected chi connectivity index (χ1v) is 21.6. The fourth-order valence-electron chi connectivity index (χ4n) is 10.5. The minimum atomic E-state index is -6.81. The number of phenols is 1. The van der Waals surface area contributed by atoms with E-state index < -0.39 is 95.2 Å². The van der Waals surface area contributed by atoms with Crippen LogP contribution in [-0.2, 0) is 37.5 Å². The fourth-order valence-corrected chi connectivity index (χ4v) is 12.2. The Labute approximate surface area is 375 Å². The highest BCUT2D eigenvalue weighted by atomic mass is 32.2. The number of piperazine rings is 1. The molecule has 0 radical (unpaired) electrons. The monoisotopic (exact) mass is 957 g/mol. The van der Waals surface area contributed by atoms with Crippen LogP contribution < -0.4 is 33.7 Å². The van der Waals surface area contributed by atoms with Gasteiger partial charge in [-0.2, -0.15) is 30.7 Å². The van der Waals surface area contributed by atoms with Gasteiger partial charge in [0.1, 0.15) is 18.6 Å². The molecule has 3 aromatic carbocycles. The van der Waals surface area contributed by atoms with Gasteiger partial charge in [-0.15, -0.1) is 11.8 Å². The molecule has 0 saturated carbocycles. The van der Waals surface area contributed by atoms with Gasteiger partial charge >= 0.3 is 35.9 Å². The van der Waals surface area contributed by atoms with Crippen molar-refractivity contribution in [1.29, 1.82) is 0 Å². The number of rotatable bonds is 6. The van der Waals surface area contributed by atoms with Crippen molar-refractivity contribution in [3.63, 3.8) is 0 Å². The van der Waals surface area contributed by atoms with Gasteiger partial charge in [-0.1, -0.05) is 6.07 Å². The lowest BCUT2D eigenvalue weighted by Crippen LogP contribution is -2.70. The molecular formula is C43H42F7N3O12S. The van der Waals surface area contributed by atoms with E-state index in [-0.39, 0.29) is 65.4 Å². The molecule has 2 fully saturated rings. The molecule has 7 aliphatic heterocycles. The number of likely N-dealkylation sites (N-methyl/N-ethyl adjacent to an activating group) is 1. The van der Waals surface area contributed by atoms with Crippen LogP contribution in [-0.4, -0.2) is 121 Å². The van der Waals surface area contributed by atoms with Gasteiger partial charge in [-0.05, 0) is 68.1 Å². The standard InChI is InChI=1S/C43H42F7N3O12S/c1-16-9-20-10-22-37(56)53-23-13-61-38(57)40(21-12-24(59-5)25(11-19(21)7-8-51-40)65-39(58)41(44,45)42(46,47)43(48,49)50)14-66-36(30(53)29(52(22)4)26(20)31(55)32(16)60-6)28-27(23)35-34(62-15-63-35)17(2)33(28)64-18(3)54/h9,11-12,22-23,29-30,36-37,51,55-56H,7-8,10,13-15H2,1-6H3/t22-,23+,29+,30?,36+,37-,40+/m0/s1. The van der Waals surface area contributed by atoms with E-state index in [1.165, 1.54) is 25.8 Å². The number of halogens is 7. The number of nitrogens with one attached hydrogen (secondary N) is 1. The molecule has 7 heterocycles. The van der Waals surface area contributed by atoms with Gasteiger partial charge in [0, 0.05) is 47.5 Å². The summed E-state index contributed by atoms with van der Waals surface area (Å²) in [6.07, 6.45) is -7.74. The van der Waals surface area contributed by atoms with Gasteiger partial charge < -0.3 is 43.4 Å². The number of fused-ring (bicyclic) bond motifs is 9. The first kappa shape index (κ1) is 45.9.